The number of aliphatic hydroxyl groups is 1. The molecule has 0 amide bonds. The number of benzene rings is 1. The van der Waals surface area contributed by atoms with E-state index in [1.54, 1.807) is 24.5 Å². The van der Waals surface area contributed by atoms with Crippen LogP contribution < -0.4 is 0 Å². The molecule has 1 aromatic carbocycles. The van der Waals surface area contributed by atoms with Gasteiger partial charge in [-0.2, -0.15) is 0 Å². The van der Waals surface area contributed by atoms with Crippen molar-refractivity contribution in [2.24, 2.45) is 0 Å². The van der Waals surface area contributed by atoms with Crippen molar-refractivity contribution in [3.05, 3.63) is 59.8 Å². The van der Waals surface area contributed by atoms with Crippen molar-refractivity contribution in [2.75, 3.05) is 19.7 Å². The van der Waals surface area contributed by atoms with Crippen molar-refractivity contribution in [1.82, 2.24) is 4.90 Å². The van der Waals surface area contributed by atoms with Gasteiger partial charge in [-0.25, -0.2) is 4.39 Å². The number of hydrogen-bond acceptors (Lipinski definition) is 4. The lowest BCUT2D eigenvalue weighted by Gasteiger charge is -2.24. The zero-order chi connectivity index (χ0) is 16.5. The van der Waals surface area contributed by atoms with Gasteiger partial charge in [0, 0.05) is 18.7 Å². The predicted molar refractivity (Wildman–Crippen MR) is 86.3 cm³/mol. The van der Waals surface area contributed by atoms with Crippen molar-refractivity contribution >= 4 is 0 Å². The monoisotopic (exact) mass is 321 g/mol. The standard InChI is InChI=1S/C18H24FNO3/c1-2-9-20(11-15-6-3-4-8-18(15)19)12-16(21)13-22-14-17-7-5-10-23-17/h3-8,10,16,21H,2,9,11-14H2,1H3. The third-order valence-electron chi connectivity index (χ3n) is 3.50. The van der Waals surface area contributed by atoms with Gasteiger partial charge in [0.05, 0.1) is 19.0 Å². The molecule has 0 spiro atoms. The molecule has 4 nitrogen and oxygen atoms in total. The molecule has 126 valence electrons. The zero-order valence-corrected chi connectivity index (χ0v) is 13.5. The van der Waals surface area contributed by atoms with Gasteiger partial charge in [-0.05, 0) is 31.2 Å². The molecule has 23 heavy (non-hydrogen) atoms. The quantitative estimate of drug-likeness (QED) is 0.730. The summed E-state index contributed by atoms with van der Waals surface area (Å²) in [4.78, 5) is 2.04. The summed E-state index contributed by atoms with van der Waals surface area (Å²) in [5.74, 6) is 0.520. The Morgan fingerprint density at radius 2 is 2.09 bits per heavy atom. The second-order valence-electron chi connectivity index (χ2n) is 5.57. The van der Waals surface area contributed by atoms with E-state index in [-0.39, 0.29) is 12.4 Å². The van der Waals surface area contributed by atoms with Gasteiger partial charge in [0.2, 0.25) is 0 Å². The predicted octanol–water partition coefficient (Wildman–Crippen LogP) is 3.21. The molecule has 0 bridgehead atoms. The van der Waals surface area contributed by atoms with Crippen molar-refractivity contribution in [2.45, 2.75) is 32.6 Å². The van der Waals surface area contributed by atoms with E-state index in [2.05, 4.69) is 6.92 Å². The van der Waals surface area contributed by atoms with Crippen LogP contribution in [0.2, 0.25) is 0 Å². The smallest absolute Gasteiger partial charge is 0.129 e. The fourth-order valence-electron chi connectivity index (χ4n) is 2.46. The second kappa shape index (κ2) is 9.45. The molecule has 0 saturated heterocycles. The molecule has 0 aliphatic rings. The lowest BCUT2D eigenvalue weighted by molar-refractivity contribution is 0.00373. The molecule has 1 heterocycles. The summed E-state index contributed by atoms with van der Waals surface area (Å²) in [6, 6.07) is 10.4. The van der Waals surface area contributed by atoms with Gasteiger partial charge >= 0.3 is 0 Å². The van der Waals surface area contributed by atoms with E-state index in [1.165, 1.54) is 6.07 Å². The third kappa shape index (κ3) is 6.14. The Labute approximate surface area is 136 Å². The van der Waals surface area contributed by atoms with Gasteiger partial charge in [0.15, 0.2) is 0 Å². The normalized spacial score (nSPS) is 12.7. The summed E-state index contributed by atoms with van der Waals surface area (Å²) in [7, 11) is 0. The van der Waals surface area contributed by atoms with E-state index in [4.69, 9.17) is 9.15 Å². The Morgan fingerprint density at radius 3 is 2.78 bits per heavy atom. The lowest BCUT2D eigenvalue weighted by Crippen LogP contribution is -2.35. The number of halogens is 1. The van der Waals surface area contributed by atoms with Crippen LogP contribution >= 0.6 is 0 Å². The maximum Gasteiger partial charge on any atom is 0.129 e. The first kappa shape index (κ1) is 17.7. The third-order valence-corrected chi connectivity index (χ3v) is 3.50. The van der Waals surface area contributed by atoms with Crippen LogP contribution in [-0.2, 0) is 17.9 Å². The van der Waals surface area contributed by atoms with Crippen LogP contribution in [0.1, 0.15) is 24.7 Å². The molecule has 1 unspecified atom stereocenters. The average molecular weight is 321 g/mol. The molecule has 1 aromatic heterocycles. The number of ether oxygens (including phenoxy) is 1. The van der Waals surface area contributed by atoms with Crippen LogP contribution in [-0.4, -0.2) is 35.8 Å². The fraction of sp³-hybridized carbons (Fsp3) is 0.444. The molecule has 5 heteroatoms. The highest BCUT2D eigenvalue weighted by molar-refractivity contribution is 5.17. The molecule has 0 radical (unpaired) electrons. The SMILES string of the molecule is CCCN(Cc1ccccc1F)CC(O)COCc1ccco1. The Kier molecular flexibility index (Phi) is 7.26. The van der Waals surface area contributed by atoms with Crippen molar-refractivity contribution in [1.29, 1.82) is 0 Å². The van der Waals surface area contributed by atoms with E-state index >= 15 is 0 Å². The molecule has 2 rings (SSSR count). The Balaban J connectivity index is 1.79. The van der Waals surface area contributed by atoms with Crippen molar-refractivity contribution in [3.63, 3.8) is 0 Å². The summed E-state index contributed by atoms with van der Waals surface area (Å²) in [5, 5.41) is 10.1. The average Bonchev–Trinajstić information content (AvgIpc) is 3.03. The lowest BCUT2D eigenvalue weighted by atomic mass is 10.2. The van der Waals surface area contributed by atoms with Crippen LogP contribution in [0.5, 0.6) is 0 Å². The van der Waals surface area contributed by atoms with Crippen LogP contribution in [0.4, 0.5) is 4.39 Å². The highest BCUT2D eigenvalue weighted by Crippen LogP contribution is 2.11. The highest BCUT2D eigenvalue weighted by Gasteiger charge is 2.14. The molecular weight excluding hydrogens is 297 g/mol. The molecule has 0 saturated carbocycles. The topological polar surface area (TPSA) is 45.8 Å². The second-order valence-corrected chi connectivity index (χ2v) is 5.57. The first-order valence-corrected chi connectivity index (χ1v) is 7.93. The van der Waals surface area contributed by atoms with Gasteiger partial charge < -0.3 is 14.3 Å². The summed E-state index contributed by atoms with van der Waals surface area (Å²) < 4.78 is 24.4. The van der Waals surface area contributed by atoms with Crippen LogP contribution in [0.25, 0.3) is 0 Å². The van der Waals surface area contributed by atoms with Crippen LogP contribution in [0, 0.1) is 5.82 Å². The van der Waals surface area contributed by atoms with Crippen molar-refractivity contribution < 1.29 is 18.7 Å². The van der Waals surface area contributed by atoms with Gasteiger partial charge in [-0.3, -0.25) is 4.90 Å². The molecule has 0 aliphatic carbocycles. The summed E-state index contributed by atoms with van der Waals surface area (Å²) in [5.41, 5.74) is 0.643. The maximum absolute atomic E-state index is 13.8. The van der Waals surface area contributed by atoms with Crippen LogP contribution in [0.3, 0.4) is 0 Å². The summed E-state index contributed by atoms with van der Waals surface area (Å²) in [6.45, 7) is 4.34. The Morgan fingerprint density at radius 1 is 1.26 bits per heavy atom. The first-order chi connectivity index (χ1) is 11.2. The molecule has 1 atom stereocenters. The van der Waals surface area contributed by atoms with Gasteiger partial charge in [0.25, 0.3) is 0 Å². The maximum atomic E-state index is 13.8. The summed E-state index contributed by atoms with van der Waals surface area (Å²) >= 11 is 0. The van der Waals surface area contributed by atoms with E-state index in [0.29, 0.717) is 25.3 Å². The number of hydrogen-bond donors (Lipinski definition) is 1. The van der Waals surface area contributed by atoms with Gasteiger partial charge in [0.1, 0.15) is 18.2 Å². The molecule has 0 aliphatic heterocycles. The first-order valence-electron chi connectivity index (χ1n) is 7.93. The number of nitrogens with zero attached hydrogens (tertiary/aromatic N) is 1. The minimum absolute atomic E-state index is 0.211. The molecule has 2 aromatic rings. The van der Waals surface area contributed by atoms with E-state index in [9.17, 15) is 9.50 Å². The minimum atomic E-state index is -0.622. The molecule has 1 N–H and O–H groups in total. The largest absolute Gasteiger partial charge is 0.467 e. The Bertz CT molecular complexity index is 559. The zero-order valence-electron chi connectivity index (χ0n) is 13.5. The molecule has 0 fully saturated rings. The van der Waals surface area contributed by atoms with Gasteiger partial charge in [-0.15, -0.1) is 0 Å². The fourth-order valence-corrected chi connectivity index (χ4v) is 2.46. The van der Waals surface area contributed by atoms with Gasteiger partial charge in [-0.1, -0.05) is 25.1 Å². The minimum Gasteiger partial charge on any atom is -0.467 e. The Hall–Kier alpha value is -1.69. The van der Waals surface area contributed by atoms with Crippen molar-refractivity contribution in [3.8, 4) is 0 Å². The van der Waals surface area contributed by atoms with Crippen LogP contribution in [0.15, 0.2) is 47.1 Å². The summed E-state index contributed by atoms with van der Waals surface area (Å²) in [6.07, 6.45) is 1.91. The number of rotatable bonds is 10. The van der Waals surface area contributed by atoms with E-state index in [1.807, 2.05) is 17.0 Å². The highest BCUT2D eigenvalue weighted by atomic mass is 19.1. The number of furan rings is 1. The van der Waals surface area contributed by atoms with E-state index < -0.39 is 6.10 Å². The van der Waals surface area contributed by atoms with E-state index in [0.717, 1.165) is 18.7 Å². The number of aliphatic hydroxyl groups excluding tert-OH is 1. The molecular formula is C18H24FNO3.